The molecule has 1 amide bonds. The molecule has 2 unspecified atom stereocenters. The number of carbonyl (C=O) groups is 2. The maximum absolute atomic E-state index is 12.9. The molecule has 0 bridgehead atoms. The zero-order chi connectivity index (χ0) is 28.7. The summed E-state index contributed by atoms with van der Waals surface area (Å²) in [6, 6.07) is 17.1. The van der Waals surface area contributed by atoms with Crippen molar-refractivity contribution >= 4 is 46.5 Å². The molecule has 3 rings (SSSR count). The minimum atomic E-state index is -0.327. The maximum Gasteiger partial charge on any atom is 0.407 e. The molecular weight excluding hydrogens is 543 g/mol. The smallest absolute Gasteiger partial charge is 0.407 e. The van der Waals surface area contributed by atoms with Gasteiger partial charge in [0.25, 0.3) is 0 Å². The lowest BCUT2D eigenvalue weighted by Crippen LogP contribution is -2.47. The van der Waals surface area contributed by atoms with Crippen LogP contribution < -0.4 is 5.32 Å². The molecule has 2 atom stereocenters. The third-order valence-corrected chi connectivity index (χ3v) is 9.75. The van der Waals surface area contributed by atoms with Gasteiger partial charge in [0.1, 0.15) is 0 Å². The number of alkyl carbamates (subject to hydrolysis) is 1. The molecule has 0 saturated heterocycles. The van der Waals surface area contributed by atoms with Crippen LogP contribution in [0.4, 0.5) is 4.79 Å². The van der Waals surface area contributed by atoms with Crippen LogP contribution in [0.25, 0.3) is 0 Å². The predicted molar refractivity (Wildman–Crippen MR) is 167 cm³/mol. The van der Waals surface area contributed by atoms with E-state index in [1.54, 1.807) is 11.8 Å². The first-order valence-electron chi connectivity index (χ1n) is 14.0. The molecule has 1 aliphatic rings. The summed E-state index contributed by atoms with van der Waals surface area (Å²) < 4.78 is 5.45. The zero-order valence-corrected chi connectivity index (χ0v) is 27.0. The maximum atomic E-state index is 12.9. The Morgan fingerprint density at radius 2 is 1.49 bits per heavy atom. The first kappa shape index (κ1) is 32.0. The van der Waals surface area contributed by atoms with Crippen molar-refractivity contribution in [2.45, 2.75) is 117 Å². The van der Waals surface area contributed by atoms with Gasteiger partial charge in [0.05, 0.1) is 6.61 Å². The normalized spacial score (nSPS) is 20.8. The summed E-state index contributed by atoms with van der Waals surface area (Å²) in [5.74, 6) is 0. The van der Waals surface area contributed by atoms with Gasteiger partial charge in [-0.2, -0.15) is 0 Å². The van der Waals surface area contributed by atoms with Gasteiger partial charge in [0.15, 0.2) is 5.12 Å². The van der Waals surface area contributed by atoms with E-state index in [1.807, 2.05) is 30.8 Å². The van der Waals surface area contributed by atoms with Gasteiger partial charge in [0, 0.05) is 36.8 Å². The van der Waals surface area contributed by atoms with Gasteiger partial charge in [0.2, 0.25) is 0 Å². The van der Waals surface area contributed by atoms with E-state index in [0.717, 1.165) is 41.9 Å². The Kier molecular flexibility index (Phi) is 11.4. The molecule has 4 nitrogen and oxygen atoms in total. The predicted octanol–water partition coefficient (Wildman–Crippen LogP) is 9.85. The van der Waals surface area contributed by atoms with Crippen LogP contribution in [0.3, 0.4) is 0 Å². The highest BCUT2D eigenvalue weighted by molar-refractivity contribution is 8.13. The van der Waals surface area contributed by atoms with Crippen molar-refractivity contribution in [2.24, 2.45) is 10.8 Å². The molecule has 2 aromatic rings. The molecule has 1 aliphatic carbocycles. The number of rotatable bonds is 10. The molecule has 1 fully saturated rings. The lowest BCUT2D eigenvalue weighted by molar-refractivity contribution is -0.111. The van der Waals surface area contributed by atoms with Gasteiger partial charge in [-0.15, -0.1) is 11.8 Å². The number of hydrogen-bond acceptors (Lipinski definition) is 6. The molecular formula is C32H45NO3S3. The molecule has 7 heteroatoms. The van der Waals surface area contributed by atoms with Crippen molar-refractivity contribution in [3.63, 3.8) is 0 Å². The number of carbonyl (C=O) groups excluding carboxylic acids is 2. The second kappa shape index (κ2) is 13.9. The van der Waals surface area contributed by atoms with Gasteiger partial charge >= 0.3 is 6.09 Å². The summed E-state index contributed by atoms with van der Waals surface area (Å²) in [6.07, 6.45) is 4.68. The monoisotopic (exact) mass is 587 g/mol. The number of ether oxygens (including phenoxy) is 1. The minimum absolute atomic E-state index is 0.00209. The van der Waals surface area contributed by atoms with Crippen molar-refractivity contribution in [3.05, 3.63) is 48.5 Å². The first-order valence-corrected chi connectivity index (χ1v) is 16.4. The molecule has 39 heavy (non-hydrogen) atoms. The molecule has 1 saturated carbocycles. The van der Waals surface area contributed by atoms with Crippen molar-refractivity contribution < 1.29 is 14.3 Å². The molecule has 0 heterocycles. The molecule has 0 aromatic heterocycles. The van der Waals surface area contributed by atoms with Crippen LogP contribution in [-0.2, 0) is 9.53 Å². The van der Waals surface area contributed by atoms with E-state index in [9.17, 15) is 9.59 Å². The Bertz CT molecular complexity index is 1090. The van der Waals surface area contributed by atoms with E-state index in [1.165, 1.54) is 21.6 Å². The van der Waals surface area contributed by atoms with Gasteiger partial charge < -0.3 is 10.1 Å². The average molecular weight is 588 g/mol. The number of amides is 1. The third kappa shape index (κ3) is 11.4. The van der Waals surface area contributed by atoms with E-state index >= 15 is 0 Å². The second-order valence-electron chi connectivity index (χ2n) is 12.8. The standard InChI is InChI=1S/C32H45NO3S3/c1-8-19-36-29(35)33-23-20-31(5,6)22-32(7,21-23)18-17-28(34)38-26-11-9-24(10-12-26)37-25-13-15-27(16-14-25)39-30(2,3)4/h9-16,23H,8,17-22H2,1-7H3,(H,33,35). The van der Waals surface area contributed by atoms with Crippen LogP contribution in [0.15, 0.2) is 68.1 Å². The molecule has 214 valence electrons. The van der Waals surface area contributed by atoms with Gasteiger partial charge in [-0.25, -0.2) is 4.79 Å². The minimum Gasteiger partial charge on any atom is -0.450 e. The topological polar surface area (TPSA) is 55.4 Å². The highest BCUT2D eigenvalue weighted by atomic mass is 32.2. The molecule has 2 aromatic carbocycles. The van der Waals surface area contributed by atoms with E-state index < -0.39 is 0 Å². The second-order valence-corrected chi connectivity index (χ2v) is 16.9. The fourth-order valence-corrected chi connectivity index (χ4v) is 8.09. The number of nitrogens with one attached hydrogen (secondary N) is 1. The van der Waals surface area contributed by atoms with Crippen LogP contribution >= 0.6 is 35.3 Å². The van der Waals surface area contributed by atoms with Crippen molar-refractivity contribution in [1.29, 1.82) is 0 Å². The lowest BCUT2D eigenvalue weighted by atomic mass is 9.61. The summed E-state index contributed by atoms with van der Waals surface area (Å²) in [7, 11) is 0. The van der Waals surface area contributed by atoms with Gasteiger partial charge in [-0.05, 0) is 91.5 Å². The van der Waals surface area contributed by atoms with E-state index in [2.05, 4.69) is 83.3 Å². The summed E-state index contributed by atoms with van der Waals surface area (Å²) >= 11 is 4.94. The van der Waals surface area contributed by atoms with Crippen molar-refractivity contribution in [1.82, 2.24) is 5.32 Å². The molecule has 1 N–H and O–H groups in total. The number of hydrogen-bond donors (Lipinski definition) is 1. The van der Waals surface area contributed by atoms with E-state index in [-0.39, 0.29) is 32.8 Å². The van der Waals surface area contributed by atoms with Crippen LogP contribution in [0, 0.1) is 10.8 Å². The Balaban J connectivity index is 1.49. The Labute approximate surface area is 248 Å². The first-order chi connectivity index (χ1) is 18.2. The van der Waals surface area contributed by atoms with E-state index in [0.29, 0.717) is 13.0 Å². The van der Waals surface area contributed by atoms with Crippen LogP contribution in [0.5, 0.6) is 0 Å². The Morgan fingerprint density at radius 3 is 2.05 bits per heavy atom. The fraction of sp³-hybridized carbons (Fsp3) is 0.562. The highest BCUT2D eigenvalue weighted by Gasteiger charge is 2.41. The van der Waals surface area contributed by atoms with Gasteiger partial charge in [-0.3, -0.25) is 4.79 Å². The average Bonchev–Trinajstić information content (AvgIpc) is 2.82. The van der Waals surface area contributed by atoms with Crippen molar-refractivity contribution in [3.8, 4) is 0 Å². The van der Waals surface area contributed by atoms with Crippen LogP contribution in [0.2, 0.25) is 0 Å². The molecule has 0 spiro atoms. The van der Waals surface area contributed by atoms with Crippen LogP contribution in [0.1, 0.15) is 87.0 Å². The summed E-state index contributed by atoms with van der Waals surface area (Å²) in [4.78, 5) is 29.7. The summed E-state index contributed by atoms with van der Waals surface area (Å²) in [5.41, 5.74) is 0.104. The van der Waals surface area contributed by atoms with Gasteiger partial charge in [-0.1, -0.05) is 72.0 Å². The highest BCUT2D eigenvalue weighted by Crippen LogP contribution is 2.49. The summed E-state index contributed by atoms with van der Waals surface area (Å²) in [5, 5.41) is 3.27. The zero-order valence-electron chi connectivity index (χ0n) is 24.6. The molecule has 0 radical (unpaired) electrons. The third-order valence-electron chi connectivity index (χ3n) is 6.67. The molecule has 0 aliphatic heterocycles. The largest absolute Gasteiger partial charge is 0.450 e. The quantitative estimate of drug-likeness (QED) is 0.279. The lowest BCUT2D eigenvalue weighted by Gasteiger charge is -2.46. The Hall–Kier alpha value is -1.57. The Morgan fingerprint density at radius 1 is 0.923 bits per heavy atom. The number of thioether (sulfide) groups is 2. The van der Waals surface area contributed by atoms with Crippen molar-refractivity contribution in [2.75, 3.05) is 6.61 Å². The van der Waals surface area contributed by atoms with Crippen LogP contribution in [-0.4, -0.2) is 28.6 Å². The SMILES string of the molecule is CCCOC(=O)NC1CC(C)(C)CC(C)(CCC(=O)Sc2ccc(Sc3ccc(SC(C)(C)C)cc3)cc2)C1. The fourth-order valence-electron chi connectivity index (χ4n) is 5.56. The number of benzene rings is 2. The van der Waals surface area contributed by atoms with E-state index in [4.69, 9.17) is 4.74 Å². The summed E-state index contributed by atoms with van der Waals surface area (Å²) in [6.45, 7) is 15.9.